The van der Waals surface area contributed by atoms with Crippen molar-refractivity contribution in [3.8, 4) is 0 Å². The normalized spacial score (nSPS) is 25.1. The van der Waals surface area contributed by atoms with E-state index in [1.165, 1.54) is 24.0 Å². The first-order valence-electron chi connectivity index (χ1n) is 8.02. The number of hydrogen-bond acceptors (Lipinski definition) is 3. The number of fused-ring (bicyclic) bond motifs is 1. The first kappa shape index (κ1) is 14.5. The van der Waals surface area contributed by atoms with E-state index < -0.39 is 0 Å². The van der Waals surface area contributed by atoms with E-state index >= 15 is 0 Å². The number of nitrogens with one attached hydrogen (secondary N) is 2. The molecule has 0 bridgehead atoms. The van der Waals surface area contributed by atoms with E-state index in [2.05, 4.69) is 22.8 Å². The van der Waals surface area contributed by atoms with Crippen molar-refractivity contribution >= 4 is 5.91 Å². The zero-order chi connectivity index (χ0) is 14.5. The fraction of sp³-hybridized carbons (Fsp3) is 0.588. The van der Waals surface area contributed by atoms with Gasteiger partial charge in [-0.25, -0.2) is 0 Å². The van der Waals surface area contributed by atoms with E-state index in [1.807, 2.05) is 12.1 Å². The molecule has 2 N–H and O–H groups in total. The number of carbonyl (C=O) groups excluding carboxylic acids is 1. The molecule has 21 heavy (non-hydrogen) atoms. The molecule has 1 aromatic carbocycles. The number of amides is 1. The van der Waals surface area contributed by atoms with E-state index in [9.17, 15) is 4.79 Å². The Morgan fingerprint density at radius 1 is 1.29 bits per heavy atom. The minimum atomic E-state index is -0.104. The van der Waals surface area contributed by atoms with Gasteiger partial charge in [0.25, 0.3) is 0 Å². The predicted octanol–water partition coefficient (Wildman–Crippen LogP) is 1.78. The van der Waals surface area contributed by atoms with Crippen LogP contribution < -0.4 is 10.6 Å². The molecule has 3 rings (SSSR count). The highest BCUT2D eigenvalue weighted by Crippen LogP contribution is 2.17. The smallest absolute Gasteiger partial charge is 0.237 e. The lowest BCUT2D eigenvalue weighted by Gasteiger charge is -2.26. The molecule has 0 aromatic heterocycles. The summed E-state index contributed by atoms with van der Waals surface area (Å²) in [6.45, 7) is 2.36. The van der Waals surface area contributed by atoms with E-state index in [1.54, 1.807) is 0 Å². The molecule has 0 aliphatic carbocycles. The summed E-state index contributed by atoms with van der Waals surface area (Å²) in [4.78, 5) is 12.2. The summed E-state index contributed by atoms with van der Waals surface area (Å²) in [6, 6.07) is 8.22. The van der Waals surface area contributed by atoms with Gasteiger partial charge in [-0.3, -0.25) is 4.79 Å². The van der Waals surface area contributed by atoms with Crippen molar-refractivity contribution in [1.29, 1.82) is 0 Å². The van der Waals surface area contributed by atoms with Crippen LogP contribution in [0, 0.1) is 0 Å². The van der Waals surface area contributed by atoms with Crippen molar-refractivity contribution in [3.63, 3.8) is 0 Å². The van der Waals surface area contributed by atoms with Gasteiger partial charge in [0.05, 0.1) is 12.1 Å². The number of benzene rings is 1. The van der Waals surface area contributed by atoms with E-state index in [0.29, 0.717) is 12.6 Å². The maximum atomic E-state index is 12.2. The van der Waals surface area contributed by atoms with Crippen molar-refractivity contribution in [3.05, 3.63) is 35.4 Å². The van der Waals surface area contributed by atoms with Crippen molar-refractivity contribution in [1.82, 2.24) is 10.6 Å². The standard InChI is InChI=1S/C17H24N2O2/c20-17(18-9-8-15-7-3-4-10-21-15)16-11-13-5-1-2-6-14(13)12-19-16/h1-2,5-6,15-16,19H,3-4,7-12H2,(H,18,20)/t15-,16-/m1/s1. The fourth-order valence-corrected chi connectivity index (χ4v) is 3.15. The minimum Gasteiger partial charge on any atom is -0.378 e. The molecule has 1 aromatic rings. The van der Waals surface area contributed by atoms with Crippen LogP contribution in [-0.4, -0.2) is 31.2 Å². The molecule has 0 spiro atoms. The topological polar surface area (TPSA) is 50.4 Å². The highest BCUT2D eigenvalue weighted by molar-refractivity contribution is 5.82. The van der Waals surface area contributed by atoms with Crippen molar-refractivity contribution in [2.45, 2.75) is 50.8 Å². The summed E-state index contributed by atoms with van der Waals surface area (Å²) in [5.74, 6) is 0.111. The summed E-state index contributed by atoms with van der Waals surface area (Å²) >= 11 is 0. The van der Waals surface area contributed by atoms with Gasteiger partial charge in [-0.05, 0) is 43.2 Å². The lowest BCUT2D eigenvalue weighted by atomic mass is 9.95. The first-order chi connectivity index (χ1) is 10.3. The molecule has 0 saturated carbocycles. The van der Waals surface area contributed by atoms with Crippen LogP contribution in [0.5, 0.6) is 0 Å². The van der Waals surface area contributed by atoms with Crippen molar-refractivity contribution in [2.24, 2.45) is 0 Å². The molecular weight excluding hydrogens is 264 g/mol. The van der Waals surface area contributed by atoms with Crippen LogP contribution in [0.3, 0.4) is 0 Å². The Bertz CT molecular complexity index is 483. The maximum absolute atomic E-state index is 12.2. The van der Waals surface area contributed by atoms with Crippen molar-refractivity contribution in [2.75, 3.05) is 13.2 Å². The Labute approximate surface area is 126 Å². The Balaban J connectivity index is 1.44. The molecule has 1 amide bonds. The number of rotatable bonds is 4. The molecule has 4 heteroatoms. The molecule has 2 atom stereocenters. The molecule has 0 unspecified atom stereocenters. The second-order valence-corrected chi connectivity index (χ2v) is 5.97. The molecule has 2 aliphatic heterocycles. The second kappa shape index (κ2) is 7.05. The second-order valence-electron chi connectivity index (χ2n) is 5.97. The lowest BCUT2D eigenvalue weighted by Crippen LogP contribution is -2.48. The molecule has 1 saturated heterocycles. The van der Waals surface area contributed by atoms with Gasteiger partial charge in [-0.2, -0.15) is 0 Å². The Hall–Kier alpha value is -1.39. The fourth-order valence-electron chi connectivity index (χ4n) is 3.15. The van der Waals surface area contributed by atoms with E-state index in [0.717, 1.165) is 32.4 Å². The van der Waals surface area contributed by atoms with Gasteiger partial charge >= 0.3 is 0 Å². The molecule has 0 radical (unpaired) electrons. The number of hydrogen-bond donors (Lipinski definition) is 2. The van der Waals surface area contributed by atoms with Gasteiger partial charge in [0.1, 0.15) is 0 Å². The third-order valence-corrected chi connectivity index (χ3v) is 4.44. The SMILES string of the molecule is O=C(NCC[C@H]1CCCCO1)[C@H]1Cc2ccccc2CN1. The van der Waals surface area contributed by atoms with Gasteiger partial charge in [0.15, 0.2) is 0 Å². The highest BCUT2D eigenvalue weighted by atomic mass is 16.5. The molecular formula is C17H24N2O2. The Kier molecular flexibility index (Phi) is 4.88. The van der Waals surface area contributed by atoms with Crippen LogP contribution in [0.1, 0.15) is 36.8 Å². The monoisotopic (exact) mass is 288 g/mol. The van der Waals surface area contributed by atoms with Gasteiger partial charge in [-0.1, -0.05) is 24.3 Å². The zero-order valence-corrected chi connectivity index (χ0v) is 12.4. The van der Waals surface area contributed by atoms with Gasteiger partial charge in [0, 0.05) is 19.7 Å². The molecule has 2 aliphatic rings. The summed E-state index contributed by atoms with van der Waals surface area (Å²) in [6.07, 6.45) is 5.59. The third kappa shape index (κ3) is 3.83. The van der Waals surface area contributed by atoms with Crippen LogP contribution in [0.4, 0.5) is 0 Å². The molecule has 4 nitrogen and oxygen atoms in total. The summed E-state index contributed by atoms with van der Waals surface area (Å²) in [7, 11) is 0. The summed E-state index contributed by atoms with van der Waals surface area (Å²) in [5.41, 5.74) is 2.59. The van der Waals surface area contributed by atoms with Crippen LogP contribution in [0.15, 0.2) is 24.3 Å². The largest absolute Gasteiger partial charge is 0.378 e. The minimum absolute atomic E-state index is 0.104. The average molecular weight is 288 g/mol. The summed E-state index contributed by atoms with van der Waals surface area (Å²) in [5, 5.41) is 6.37. The molecule has 114 valence electrons. The maximum Gasteiger partial charge on any atom is 0.237 e. The van der Waals surface area contributed by atoms with Crippen LogP contribution >= 0.6 is 0 Å². The lowest BCUT2D eigenvalue weighted by molar-refractivity contribution is -0.123. The van der Waals surface area contributed by atoms with E-state index in [4.69, 9.17) is 4.74 Å². The van der Waals surface area contributed by atoms with Crippen LogP contribution in [-0.2, 0) is 22.5 Å². The molecule has 1 fully saturated rings. The highest BCUT2D eigenvalue weighted by Gasteiger charge is 2.23. The van der Waals surface area contributed by atoms with E-state index in [-0.39, 0.29) is 11.9 Å². The Morgan fingerprint density at radius 2 is 2.14 bits per heavy atom. The number of carbonyl (C=O) groups is 1. The first-order valence-corrected chi connectivity index (χ1v) is 8.02. The third-order valence-electron chi connectivity index (χ3n) is 4.44. The summed E-state index contributed by atoms with van der Waals surface area (Å²) < 4.78 is 5.68. The van der Waals surface area contributed by atoms with Crippen LogP contribution in [0.25, 0.3) is 0 Å². The number of ether oxygens (including phenoxy) is 1. The average Bonchev–Trinajstić information content (AvgIpc) is 2.55. The predicted molar refractivity (Wildman–Crippen MR) is 82.0 cm³/mol. The Morgan fingerprint density at radius 3 is 2.95 bits per heavy atom. The van der Waals surface area contributed by atoms with Gasteiger partial charge < -0.3 is 15.4 Å². The molecule has 2 heterocycles. The van der Waals surface area contributed by atoms with Crippen LogP contribution in [0.2, 0.25) is 0 Å². The van der Waals surface area contributed by atoms with Gasteiger partial charge in [0.2, 0.25) is 5.91 Å². The van der Waals surface area contributed by atoms with Crippen molar-refractivity contribution < 1.29 is 9.53 Å². The zero-order valence-electron chi connectivity index (χ0n) is 12.4. The van der Waals surface area contributed by atoms with Gasteiger partial charge in [-0.15, -0.1) is 0 Å². The quantitative estimate of drug-likeness (QED) is 0.888.